The van der Waals surface area contributed by atoms with Gasteiger partial charge in [0, 0.05) is 49.6 Å². The molecule has 0 saturated heterocycles. The molecule has 0 N–H and O–H groups in total. The highest BCUT2D eigenvalue weighted by molar-refractivity contribution is 5.83. The molecule has 19 nitrogen and oxygen atoms in total. The van der Waals surface area contributed by atoms with Gasteiger partial charge in [0.05, 0.1) is 19.7 Å². The predicted molar refractivity (Wildman–Crippen MR) is 145 cm³/mol. The Kier molecular flexibility index (Phi) is 12.4. The molecule has 2 aromatic carbocycles. The maximum Gasteiger partial charge on any atom is 0.430 e. The lowest BCUT2D eigenvalue weighted by Gasteiger charge is -2.35. The van der Waals surface area contributed by atoms with Crippen LogP contribution in [0.5, 0.6) is 0 Å². The zero-order chi connectivity index (χ0) is 42.0. The molecule has 0 fully saturated rings. The number of Topliss-reactive ketones (excluding diaryl/α,β-unsaturated/α-hetero) is 1. The Morgan fingerprint density at radius 2 is 0.759 bits per heavy atom. The van der Waals surface area contributed by atoms with Crippen molar-refractivity contribution in [2.75, 3.05) is 27.3 Å². The number of ketones is 1. The monoisotopic (exact) mass is 806 g/mol. The summed E-state index contributed by atoms with van der Waals surface area (Å²) in [4.78, 5) is 51.6. The van der Waals surface area contributed by atoms with Crippen LogP contribution in [0.1, 0.15) is 11.1 Å². The normalized spacial score (nSPS) is 13.4. The van der Waals surface area contributed by atoms with Crippen molar-refractivity contribution in [1.29, 1.82) is 0 Å². The highest BCUT2D eigenvalue weighted by atomic mass is 19.4. The van der Waals surface area contributed by atoms with Crippen molar-refractivity contribution in [1.82, 2.24) is 0 Å². The zero-order valence-electron chi connectivity index (χ0n) is 25.8. The van der Waals surface area contributed by atoms with E-state index in [1.165, 1.54) is 0 Å². The summed E-state index contributed by atoms with van der Waals surface area (Å²) < 4.78 is 171. The molecule has 0 aromatic heterocycles. The van der Waals surface area contributed by atoms with Gasteiger partial charge >= 0.3 is 47.5 Å². The number of hydrogen-bond acceptors (Lipinski definition) is 15. The van der Waals surface area contributed by atoms with Gasteiger partial charge in [-0.1, -0.05) is 0 Å². The standard InChI is InChI=1S/C23H14F12N8O11/c1-53-18(20(24,25)26,21(27,28)29)9-3-12(40(45)46)16(13(4-9)41(47)48)38-36-7-11(44)8-37-39-17-14(42(49)50)5-10(6-15(17)43(51)52)19(54-2,22(30,31)32)23(33,34)35/h3-6H,7-8H2,1-2H3. The summed E-state index contributed by atoms with van der Waals surface area (Å²) in [7, 11) is -0.206. The molecule has 2 rings (SSSR count). The van der Waals surface area contributed by atoms with E-state index in [0.29, 0.717) is 0 Å². The number of nitrogens with zero attached hydrogens (tertiary/aromatic N) is 8. The van der Waals surface area contributed by atoms with E-state index in [4.69, 9.17) is 0 Å². The van der Waals surface area contributed by atoms with E-state index in [1.54, 1.807) is 0 Å². The first-order valence-corrected chi connectivity index (χ1v) is 13.0. The lowest BCUT2D eigenvalue weighted by atomic mass is 9.90. The average molecular weight is 806 g/mol. The van der Waals surface area contributed by atoms with Crippen LogP contribution >= 0.6 is 0 Å². The van der Waals surface area contributed by atoms with Crippen LogP contribution in [0.2, 0.25) is 0 Å². The average Bonchev–Trinajstić information content (AvgIpc) is 2.99. The molecule has 2 aromatic rings. The molecule has 0 bridgehead atoms. The summed E-state index contributed by atoms with van der Waals surface area (Å²) in [5, 5.41) is 58.1. The first-order valence-electron chi connectivity index (χ1n) is 13.0. The Morgan fingerprint density at radius 1 is 0.537 bits per heavy atom. The largest absolute Gasteiger partial charge is 0.430 e. The SMILES string of the molecule is COC(c1cc([N+](=O)[O-])c(N=NCC(=O)CN=Nc2c([N+](=O)[O-])cc(C(OC)(C(F)(F)F)C(F)(F)F)cc2[N+](=O)[O-])c([N+](=O)[O-])c1)(C(F)(F)F)C(F)(F)F. The molecule has 0 saturated carbocycles. The summed E-state index contributed by atoms with van der Waals surface area (Å²) in [6.07, 6.45) is -25.7. The number of methoxy groups -OCH3 is 2. The van der Waals surface area contributed by atoms with Crippen LogP contribution in [0, 0.1) is 40.5 Å². The minimum Gasteiger partial charge on any atom is -0.357 e. The van der Waals surface area contributed by atoms with Crippen molar-refractivity contribution in [2.24, 2.45) is 20.5 Å². The minimum atomic E-state index is -6.42. The van der Waals surface area contributed by atoms with Gasteiger partial charge in [-0.05, 0) is 0 Å². The number of carbonyl (C=O) groups is 1. The second-order valence-electron chi connectivity index (χ2n) is 9.85. The summed E-state index contributed by atoms with van der Waals surface area (Å²) in [5.41, 5.74) is -25.8. The van der Waals surface area contributed by atoms with Crippen LogP contribution in [0.3, 0.4) is 0 Å². The minimum absolute atomic E-state index is 0.103. The van der Waals surface area contributed by atoms with Gasteiger partial charge in [-0.25, -0.2) is 0 Å². The van der Waals surface area contributed by atoms with Gasteiger partial charge < -0.3 is 9.47 Å². The van der Waals surface area contributed by atoms with Gasteiger partial charge in [0.15, 0.2) is 5.78 Å². The summed E-state index contributed by atoms with van der Waals surface area (Å²) >= 11 is 0. The maximum atomic E-state index is 13.7. The van der Waals surface area contributed by atoms with E-state index >= 15 is 0 Å². The number of rotatable bonds is 14. The number of carbonyl (C=O) groups excluding carboxylic acids is 1. The number of halogens is 12. The third-order valence-electron chi connectivity index (χ3n) is 6.78. The van der Waals surface area contributed by atoms with Crippen LogP contribution in [-0.4, -0.2) is 77.5 Å². The van der Waals surface area contributed by atoms with Crippen molar-refractivity contribution in [2.45, 2.75) is 35.9 Å². The molecular weight excluding hydrogens is 792 g/mol. The zero-order valence-corrected chi connectivity index (χ0v) is 25.8. The Labute approximate surface area is 286 Å². The molecule has 296 valence electrons. The number of alkyl halides is 12. The van der Waals surface area contributed by atoms with E-state index in [2.05, 4.69) is 29.9 Å². The van der Waals surface area contributed by atoms with Crippen molar-refractivity contribution >= 4 is 39.9 Å². The smallest absolute Gasteiger partial charge is 0.357 e. The Hall–Kier alpha value is -6.01. The molecule has 0 amide bonds. The topological polar surface area (TPSA) is 258 Å². The predicted octanol–water partition coefficient (Wildman–Crippen LogP) is 7.69. The fourth-order valence-electron chi connectivity index (χ4n) is 4.47. The number of nitro groups is 4. The maximum absolute atomic E-state index is 13.7. The van der Waals surface area contributed by atoms with Gasteiger partial charge in [0.25, 0.3) is 11.2 Å². The van der Waals surface area contributed by atoms with Crippen LogP contribution < -0.4 is 0 Å². The molecule has 0 heterocycles. The quantitative estimate of drug-likeness (QED) is 0.0773. The second-order valence-corrected chi connectivity index (χ2v) is 9.85. The molecule has 54 heavy (non-hydrogen) atoms. The highest BCUT2D eigenvalue weighted by Crippen LogP contribution is 2.56. The molecule has 0 atom stereocenters. The van der Waals surface area contributed by atoms with E-state index < -0.39 is 144 Å². The van der Waals surface area contributed by atoms with Crippen LogP contribution in [0.25, 0.3) is 0 Å². The molecular formula is C23H14F12N8O11. The van der Waals surface area contributed by atoms with E-state index in [0.717, 1.165) is 0 Å². The summed E-state index contributed by atoms with van der Waals surface area (Å²) in [6.45, 7) is -2.78. The fraction of sp³-hybridized carbons (Fsp3) is 0.435. The molecule has 0 spiro atoms. The van der Waals surface area contributed by atoms with Gasteiger partial charge in [0.2, 0.25) is 11.4 Å². The second kappa shape index (κ2) is 15.2. The van der Waals surface area contributed by atoms with Crippen molar-refractivity contribution < 1.29 is 86.6 Å². The first-order chi connectivity index (χ1) is 24.5. The Bertz CT molecular complexity index is 1680. The lowest BCUT2D eigenvalue weighted by molar-refractivity contribution is -0.396. The number of nitro benzene ring substituents is 4. The number of hydrogen-bond donors (Lipinski definition) is 0. The van der Waals surface area contributed by atoms with Crippen molar-refractivity contribution in [3.63, 3.8) is 0 Å². The van der Waals surface area contributed by atoms with E-state index in [1.807, 2.05) is 0 Å². The van der Waals surface area contributed by atoms with Crippen molar-refractivity contribution in [3.05, 3.63) is 75.8 Å². The third kappa shape index (κ3) is 7.98. The number of ether oxygens (including phenoxy) is 2. The molecule has 0 aliphatic heterocycles. The molecule has 31 heteroatoms. The molecule has 0 radical (unpaired) electrons. The lowest BCUT2D eigenvalue weighted by Crippen LogP contribution is -2.55. The fourth-order valence-corrected chi connectivity index (χ4v) is 4.47. The van der Waals surface area contributed by atoms with Gasteiger partial charge in [-0.15, -0.1) is 10.2 Å². The number of benzene rings is 2. The van der Waals surface area contributed by atoms with Gasteiger partial charge in [-0.2, -0.15) is 62.9 Å². The van der Waals surface area contributed by atoms with Gasteiger partial charge in [-0.3, -0.25) is 45.3 Å². The molecule has 0 aliphatic rings. The van der Waals surface area contributed by atoms with Gasteiger partial charge in [0.1, 0.15) is 13.1 Å². The van der Waals surface area contributed by atoms with Crippen LogP contribution in [0.4, 0.5) is 86.8 Å². The Morgan fingerprint density at radius 3 is 0.926 bits per heavy atom. The molecule has 0 aliphatic carbocycles. The summed E-state index contributed by atoms with van der Waals surface area (Å²) in [5.74, 6) is -1.41. The first kappa shape index (κ1) is 44.2. The summed E-state index contributed by atoms with van der Waals surface area (Å²) in [6, 6.07) is -1.69. The number of azo groups is 2. The van der Waals surface area contributed by atoms with E-state index in [-0.39, 0.29) is 14.2 Å². The van der Waals surface area contributed by atoms with E-state index in [9.17, 15) is 97.9 Å². The highest BCUT2D eigenvalue weighted by Gasteiger charge is 2.74. The van der Waals surface area contributed by atoms with Crippen LogP contribution in [0.15, 0.2) is 44.7 Å². The third-order valence-corrected chi connectivity index (χ3v) is 6.78. The van der Waals surface area contributed by atoms with Crippen LogP contribution in [-0.2, 0) is 25.5 Å². The Balaban J connectivity index is 2.60. The van der Waals surface area contributed by atoms with Crippen molar-refractivity contribution in [3.8, 4) is 0 Å². The molecule has 0 unspecified atom stereocenters.